The minimum Gasteiger partial charge on any atom is -0.329 e. The molecule has 1 aliphatic rings. The number of rotatable bonds is 1. The third kappa shape index (κ3) is 2.68. The van der Waals surface area contributed by atoms with Gasteiger partial charge < -0.3 is 11.5 Å². The highest BCUT2D eigenvalue weighted by Gasteiger charge is 2.35. The lowest BCUT2D eigenvalue weighted by molar-refractivity contribution is 0.137. The van der Waals surface area contributed by atoms with Gasteiger partial charge in [0.2, 0.25) is 0 Å². The molecule has 13 heavy (non-hydrogen) atoms. The van der Waals surface area contributed by atoms with Crippen molar-refractivity contribution in [3.8, 4) is 0 Å². The van der Waals surface area contributed by atoms with E-state index in [1.54, 1.807) is 0 Å². The van der Waals surface area contributed by atoms with Crippen LogP contribution in [-0.2, 0) is 0 Å². The molecule has 1 aliphatic carbocycles. The molecule has 0 atom stereocenters. The molecule has 0 aromatic carbocycles. The Kier molecular flexibility index (Phi) is 3.03. The summed E-state index contributed by atoms with van der Waals surface area (Å²) in [6.07, 6.45) is 4.70. The van der Waals surface area contributed by atoms with E-state index in [0.717, 1.165) is 18.8 Å². The zero-order chi connectivity index (χ0) is 10.1. The van der Waals surface area contributed by atoms with E-state index < -0.39 is 0 Å². The predicted molar refractivity (Wildman–Crippen MR) is 57.4 cm³/mol. The van der Waals surface area contributed by atoms with Gasteiger partial charge in [-0.05, 0) is 37.0 Å². The number of hydrogen-bond donors (Lipinski definition) is 2. The van der Waals surface area contributed by atoms with E-state index in [1.807, 2.05) is 0 Å². The Morgan fingerprint density at radius 1 is 1.23 bits per heavy atom. The third-order valence-electron chi connectivity index (χ3n) is 3.61. The van der Waals surface area contributed by atoms with Crippen LogP contribution in [0, 0.1) is 11.3 Å². The Morgan fingerprint density at radius 3 is 2.00 bits per heavy atom. The summed E-state index contributed by atoms with van der Waals surface area (Å²) in [4.78, 5) is 0. The second-order valence-electron chi connectivity index (χ2n) is 5.71. The maximum atomic E-state index is 6.14. The van der Waals surface area contributed by atoms with E-state index in [1.165, 1.54) is 12.8 Å². The van der Waals surface area contributed by atoms with Crippen molar-refractivity contribution in [1.82, 2.24) is 0 Å². The quantitative estimate of drug-likeness (QED) is 0.653. The van der Waals surface area contributed by atoms with Gasteiger partial charge in [0.15, 0.2) is 0 Å². The second-order valence-corrected chi connectivity index (χ2v) is 5.71. The highest BCUT2D eigenvalue weighted by Crippen LogP contribution is 2.40. The molecule has 0 aromatic heterocycles. The van der Waals surface area contributed by atoms with Crippen molar-refractivity contribution in [2.75, 3.05) is 6.54 Å². The van der Waals surface area contributed by atoms with Gasteiger partial charge in [-0.3, -0.25) is 0 Å². The first-order valence-electron chi connectivity index (χ1n) is 5.36. The minimum absolute atomic E-state index is 0.0538. The van der Waals surface area contributed by atoms with Crippen molar-refractivity contribution in [2.45, 2.75) is 52.0 Å². The molecular weight excluding hydrogens is 160 g/mol. The average Bonchev–Trinajstić information content (AvgIpc) is 2.04. The predicted octanol–water partition coefficient (Wildman–Crippen LogP) is 1.88. The summed E-state index contributed by atoms with van der Waals surface area (Å²) in [5.74, 6) is 0.829. The van der Waals surface area contributed by atoms with Crippen LogP contribution in [0.15, 0.2) is 0 Å². The molecule has 0 aliphatic heterocycles. The van der Waals surface area contributed by atoms with Gasteiger partial charge in [-0.25, -0.2) is 0 Å². The SMILES string of the molecule is CC(C)(C)C1CCC(N)(CN)CC1. The first kappa shape index (κ1) is 11.0. The summed E-state index contributed by atoms with van der Waals surface area (Å²) in [6.45, 7) is 7.61. The maximum Gasteiger partial charge on any atom is 0.0278 e. The zero-order valence-electron chi connectivity index (χ0n) is 9.27. The van der Waals surface area contributed by atoms with Crippen LogP contribution in [0.5, 0.6) is 0 Å². The smallest absolute Gasteiger partial charge is 0.0278 e. The summed E-state index contributed by atoms with van der Waals surface area (Å²) in [5.41, 5.74) is 12.2. The summed E-state index contributed by atoms with van der Waals surface area (Å²) >= 11 is 0. The van der Waals surface area contributed by atoms with Crippen molar-refractivity contribution in [3.05, 3.63) is 0 Å². The van der Waals surface area contributed by atoms with Crippen LogP contribution in [0.4, 0.5) is 0 Å². The Hall–Kier alpha value is -0.0800. The van der Waals surface area contributed by atoms with E-state index >= 15 is 0 Å². The van der Waals surface area contributed by atoms with Gasteiger partial charge in [-0.2, -0.15) is 0 Å². The fourth-order valence-corrected chi connectivity index (χ4v) is 2.26. The van der Waals surface area contributed by atoms with Crippen LogP contribution < -0.4 is 11.5 Å². The molecule has 2 heteroatoms. The highest BCUT2D eigenvalue weighted by molar-refractivity contribution is 4.93. The lowest BCUT2D eigenvalue weighted by Gasteiger charge is -2.41. The molecule has 0 spiro atoms. The Bertz CT molecular complexity index is 161. The van der Waals surface area contributed by atoms with E-state index in [0.29, 0.717) is 12.0 Å². The van der Waals surface area contributed by atoms with Crippen LogP contribution in [0.3, 0.4) is 0 Å². The maximum absolute atomic E-state index is 6.14. The van der Waals surface area contributed by atoms with Crippen molar-refractivity contribution in [1.29, 1.82) is 0 Å². The fourth-order valence-electron chi connectivity index (χ4n) is 2.26. The molecule has 0 bridgehead atoms. The lowest BCUT2D eigenvalue weighted by atomic mass is 9.67. The van der Waals surface area contributed by atoms with Gasteiger partial charge in [-0.1, -0.05) is 20.8 Å². The summed E-state index contributed by atoms with van der Waals surface area (Å²) < 4.78 is 0. The minimum atomic E-state index is -0.0538. The van der Waals surface area contributed by atoms with Crippen molar-refractivity contribution < 1.29 is 0 Å². The van der Waals surface area contributed by atoms with Crippen molar-refractivity contribution in [2.24, 2.45) is 22.8 Å². The summed E-state index contributed by atoms with van der Waals surface area (Å²) in [5, 5.41) is 0. The lowest BCUT2D eigenvalue weighted by Crippen LogP contribution is -2.50. The molecule has 4 N–H and O–H groups in total. The summed E-state index contributed by atoms with van der Waals surface area (Å²) in [6, 6.07) is 0. The molecule has 78 valence electrons. The number of hydrogen-bond acceptors (Lipinski definition) is 2. The molecule has 0 aromatic rings. The zero-order valence-corrected chi connectivity index (χ0v) is 9.27. The van der Waals surface area contributed by atoms with Gasteiger partial charge in [0.05, 0.1) is 0 Å². The Labute approximate surface area is 82.1 Å². The van der Waals surface area contributed by atoms with Crippen molar-refractivity contribution in [3.63, 3.8) is 0 Å². The topological polar surface area (TPSA) is 52.0 Å². The molecule has 0 amide bonds. The van der Waals surface area contributed by atoms with Crippen LogP contribution in [0.25, 0.3) is 0 Å². The van der Waals surface area contributed by atoms with E-state index in [9.17, 15) is 0 Å². The standard InChI is InChI=1S/C11H24N2/c1-10(2,3)9-4-6-11(13,8-12)7-5-9/h9H,4-8,12-13H2,1-3H3. The monoisotopic (exact) mass is 184 g/mol. The molecule has 0 unspecified atom stereocenters. The molecular formula is C11H24N2. The average molecular weight is 184 g/mol. The normalized spacial score (nSPS) is 36.2. The van der Waals surface area contributed by atoms with Gasteiger partial charge in [0, 0.05) is 12.1 Å². The molecule has 1 fully saturated rings. The second kappa shape index (κ2) is 3.58. The van der Waals surface area contributed by atoms with Crippen molar-refractivity contribution >= 4 is 0 Å². The van der Waals surface area contributed by atoms with Gasteiger partial charge in [0.1, 0.15) is 0 Å². The van der Waals surface area contributed by atoms with Gasteiger partial charge in [0.25, 0.3) is 0 Å². The van der Waals surface area contributed by atoms with Gasteiger partial charge >= 0.3 is 0 Å². The molecule has 2 nitrogen and oxygen atoms in total. The Morgan fingerprint density at radius 2 is 1.69 bits per heavy atom. The van der Waals surface area contributed by atoms with Gasteiger partial charge in [-0.15, -0.1) is 0 Å². The summed E-state index contributed by atoms with van der Waals surface area (Å²) in [7, 11) is 0. The first-order chi connectivity index (χ1) is 5.87. The van der Waals surface area contributed by atoms with E-state index in [-0.39, 0.29) is 5.54 Å². The number of nitrogens with two attached hydrogens (primary N) is 2. The molecule has 0 radical (unpaired) electrons. The van der Waals surface area contributed by atoms with Crippen LogP contribution >= 0.6 is 0 Å². The van der Waals surface area contributed by atoms with Crippen LogP contribution in [0.2, 0.25) is 0 Å². The Balaban J connectivity index is 2.48. The molecule has 0 heterocycles. The van der Waals surface area contributed by atoms with E-state index in [2.05, 4.69) is 20.8 Å². The van der Waals surface area contributed by atoms with Crippen LogP contribution in [0.1, 0.15) is 46.5 Å². The largest absolute Gasteiger partial charge is 0.329 e. The fraction of sp³-hybridized carbons (Fsp3) is 1.00. The first-order valence-corrected chi connectivity index (χ1v) is 5.36. The molecule has 1 rings (SSSR count). The third-order valence-corrected chi connectivity index (χ3v) is 3.61. The highest BCUT2D eigenvalue weighted by atomic mass is 14.8. The molecule has 0 saturated heterocycles. The molecule has 1 saturated carbocycles. The van der Waals surface area contributed by atoms with Crippen LogP contribution in [-0.4, -0.2) is 12.1 Å². The van der Waals surface area contributed by atoms with E-state index in [4.69, 9.17) is 11.5 Å².